The van der Waals surface area contributed by atoms with E-state index in [4.69, 9.17) is 0 Å². The lowest BCUT2D eigenvalue weighted by molar-refractivity contribution is -0.384. The van der Waals surface area contributed by atoms with Crippen molar-refractivity contribution in [2.75, 3.05) is 18.9 Å². The third kappa shape index (κ3) is 3.53. The second-order valence-electron chi connectivity index (χ2n) is 4.09. The number of anilines is 1. The topological polar surface area (TPSA) is 123 Å². The number of nitrogens with one attached hydrogen (secondary N) is 2. The van der Waals surface area contributed by atoms with Gasteiger partial charge >= 0.3 is 0 Å². The molecule has 2 N–H and O–H groups in total. The Hall–Kier alpha value is -2.97. The highest BCUT2D eigenvalue weighted by atomic mass is 16.6. The average molecular weight is 291 g/mol. The molecule has 0 aliphatic rings. The second-order valence-corrected chi connectivity index (χ2v) is 4.09. The zero-order valence-electron chi connectivity index (χ0n) is 11.2. The van der Waals surface area contributed by atoms with Crippen LogP contribution in [-0.2, 0) is 6.42 Å². The highest BCUT2D eigenvalue weighted by Gasteiger charge is 2.16. The van der Waals surface area contributed by atoms with Crippen LogP contribution in [0.5, 0.6) is 0 Å². The third-order valence-corrected chi connectivity index (χ3v) is 2.75. The van der Waals surface area contributed by atoms with Crippen molar-refractivity contribution in [3.63, 3.8) is 0 Å². The van der Waals surface area contributed by atoms with Crippen LogP contribution in [0.25, 0.3) is 0 Å². The Morgan fingerprint density at radius 3 is 2.90 bits per heavy atom. The predicted molar refractivity (Wildman–Crippen MR) is 73.0 cm³/mol. The molecule has 2 aromatic rings. The molecule has 0 spiro atoms. The van der Waals surface area contributed by atoms with Crippen LogP contribution in [0.3, 0.4) is 0 Å². The van der Waals surface area contributed by atoms with E-state index < -0.39 is 4.92 Å². The molecule has 0 fully saturated rings. The molecule has 0 atom stereocenters. The first-order valence-corrected chi connectivity index (χ1v) is 6.11. The van der Waals surface area contributed by atoms with Crippen molar-refractivity contribution in [1.29, 1.82) is 0 Å². The highest BCUT2D eigenvalue weighted by Crippen LogP contribution is 2.25. The minimum Gasteiger partial charge on any atom is -0.379 e. The first-order chi connectivity index (χ1) is 10.1. The van der Waals surface area contributed by atoms with Crippen molar-refractivity contribution in [3.8, 4) is 0 Å². The van der Waals surface area contributed by atoms with Crippen molar-refractivity contribution in [1.82, 2.24) is 15.5 Å². The van der Waals surface area contributed by atoms with E-state index in [1.165, 1.54) is 31.6 Å². The molecular weight excluding hydrogens is 278 g/mol. The van der Waals surface area contributed by atoms with Crippen molar-refractivity contribution in [2.45, 2.75) is 6.42 Å². The van der Waals surface area contributed by atoms with E-state index in [0.29, 0.717) is 24.4 Å². The quantitative estimate of drug-likeness (QED) is 0.600. The molecule has 0 saturated heterocycles. The fourth-order valence-corrected chi connectivity index (χ4v) is 1.73. The zero-order chi connectivity index (χ0) is 15.2. The van der Waals surface area contributed by atoms with Crippen LogP contribution < -0.4 is 10.6 Å². The number of hydrogen-bond acceptors (Lipinski definition) is 7. The number of rotatable bonds is 6. The molecule has 1 heterocycles. The SMILES string of the molecule is CNC(=O)c1ccc([N+](=O)[O-])c(NCCc2ncon2)c1. The summed E-state index contributed by atoms with van der Waals surface area (Å²) < 4.78 is 4.59. The summed E-state index contributed by atoms with van der Waals surface area (Å²) >= 11 is 0. The molecule has 1 aromatic carbocycles. The molecular formula is C12H13N5O4. The number of hydrogen-bond donors (Lipinski definition) is 2. The number of benzene rings is 1. The van der Waals surface area contributed by atoms with Crippen LogP contribution in [0, 0.1) is 10.1 Å². The molecule has 9 heteroatoms. The van der Waals surface area contributed by atoms with Gasteiger partial charge < -0.3 is 15.2 Å². The third-order valence-electron chi connectivity index (χ3n) is 2.75. The summed E-state index contributed by atoms with van der Waals surface area (Å²) in [6, 6.07) is 4.13. The number of carbonyl (C=O) groups is 1. The van der Waals surface area contributed by atoms with Crippen LogP contribution in [-0.4, -0.2) is 34.6 Å². The van der Waals surface area contributed by atoms with Crippen molar-refractivity contribution >= 4 is 17.3 Å². The summed E-state index contributed by atoms with van der Waals surface area (Å²) in [5, 5.41) is 20.0. The first kappa shape index (κ1) is 14.4. The molecule has 21 heavy (non-hydrogen) atoms. The molecule has 0 aliphatic heterocycles. The number of aromatic nitrogens is 2. The molecule has 1 aromatic heterocycles. The maximum atomic E-state index is 11.6. The number of amides is 1. The van der Waals surface area contributed by atoms with Crippen LogP contribution in [0.1, 0.15) is 16.2 Å². The first-order valence-electron chi connectivity index (χ1n) is 6.11. The van der Waals surface area contributed by atoms with Gasteiger partial charge in [-0.25, -0.2) is 0 Å². The lowest BCUT2D eigenvalue weighted by Gasteiger charge is -2.08. The Kier molecular flexibility index (Phi) is 4.44. The van der Waals surface area contributed by atoms with Gasteiger partial charge in [-0.3, -0.25) is 14.9 Å². The lowest BCUT2D eigenvalue weighted by Crippen LogP contribution is -2.18. The summed E-state index contributed by atoms with van der Waals surface area (Å²) in [5.74, 6) is 0.179. The predicted octanol–water partition coefficient (Wildman–Crippen LogP) is 0.992. The number of nitro groups is 1. The van der Waals surface area contributed by atoms with E-state index in [1.54, 1.807) is 0 Å². The van der Waals surface area contributed by atoms with Gasteiger partial charge in [0.1, 0.15) is 5.69 Å². The molecule has 110 valence electrons. The normalized spacial score (nSPS) is 10.1. The summed E-state index contributed by atoms with van der Waals surface area (Å²) in [6.45, 7) is 0.373. The fourth-order valence-electron chi connectivity index (χ4n) is 1.73. The van der Waals surface area contributed by atoms with Gasteiger partial charge in [-0.15, -0.1) is 0 Å². The molecule has 0 unspecified atom stereocenters. The van der Waals surface area contributed by atoms with Gasteiger partial charge in [0, 0.05) is 31.6 Å². The summed E-state index contributed by atoms with van der Waals surface area (Å²) in [5.41, 5.74) is 0.505. The van der Waals surface area contributed by atoms with Crippen molar-refractivity contribution in [3.05, 3.63) is 46.1 Å². The van der Waals surface area contributed by atoms with E-state index in [2.05, 4.69) is 25.3 Å². The Labute approximate surface area is 119 Å². The van der Waals surface area contributed by atoms with Gasteiger partial charge in [-0.1, -0.05) is 5.16 Å². The van der Waals surface area contributed by atoms with Gasteiger partial charge in [0.15, 0.2) is 5.82 Å². The van der Waals surface area contributed by atoms with Gasteiger partial charge in [0.2, 0.25) is 6.39 Å². The number of carbonyl (C=O) groups excluding carboxylic acids is 1. The molecule has 0 saturated carbocycles. The van der Waals surface area contributed by atoms with E-state index >= 15 is 0 Å². The maximum absolute atomic E-state index is 11.6. The van der Waals surface area contributed by atoms with E-state index in [-0.39, 0.29) is 17.3 Å². The average Bonchev–Trinajstić information content (AvgIpc) is 2.99. The number of nitrogens with zero attached hydrogens (tertiary/aromatic N) is 3. The van der Waals surface area contributed by atoms with Crippen molar-refractivity contribution in [2.24, 2.45) is 0 Å². The van der Waals surface area contributed by atoms with Crippen molar-refractivity contribution < 1.29 is 14.2 Å². The second kappa shape index (κ2) is 6.46. The van der Waals surface area contributed by atoms with Crippen LogP contribution in [0.2, 0.25) is 0 Å². The van der Waals surface area contributed by atoms with E-state index in [0.717, 1.165) is 0 Å². The monoisotopic (exact) mass is 291 g/mol. The molecule has 0 aliphatic carbocycles. The fraction of sp³-hybridized carbons (Fsp3) is 0.250. The van der Waals surface area contributed by atoms with Gasteiger partial charge in [0.05, 0.1) is 4.92 Å². The van der Waals surface area contributed by atoms with Crippen LogP contribution in [0.15, 0.2) is 29.1 Å². The summed E-state index contributed by atoms with van der Waals surface area (Å²) in [7, 11) is 1.49. The summed E-state index contributed by atoms with van der Waals surface area (Å²) in [4.78, 5) is 25.9. The van der Waals surface area contributed by atoms with Crippen LogP contribution >= 0.6 is 0 Å². The smallest absolute Gasteiger partial charge is 0.292 e. The maximum Gasteiger partial charge on any atom is 0.292 e. The Morgan fingerprint density at radius 1 is 1.48 bits per heavy atom. The van der Waals surface area contributed by atoms with Gasteiger partial charge in [-0.05, 0) is 12.1 Å². The van der Waals surface area contributed by atoms with Gasteiger partial charge in [0.25, 0.3) is 11.6 Å². The Morgan fingerprint density at radius 2 is 2.29 bits per heavy atom. The Bertz CT molecular complexity index is 641. The largest absolute Gasteiger partial charge is 0.379 e. The number of nitro benzene ring substituents is 1. The van der Waals surface area contributed by atoms with Crippen LogP contribution in [0.4, 0.5) is 11.4 Å². The molecule has 0 radical (unpaired) electrons. The Balaban J connectivity index is 2.14. The zero-order valence-corrected chi connectivity index (χ0v) is 11.2. The molecule has 0 bridgehead atoms. The highest BCUT2D eigenvalue weighted by molar-refractivity contribution is 5.95. The molecule has 2 rings (SSSR count). The van der Waals surface area contributed by atoms with E-state index in [9.17, 15) is 14.9 Å². The molecule has 1 amide bonds. The standard InChI is InChI=1S/C12H13N5O4/c1-13-12(18)8-2-3-10(17(19)20)9(6-8)14-5-4-11-15-7-21-16-11/h2-3,6-7,14H,4-5H2,1H3,(H,13,18). The molecule has 9 nitrogen and oxygen atoms in total. The minimum absolute atomic E-state index is 0.101. The lowest BCUT2D eigenvalue weighted by atomic mass is 10.1. The minimum atomic E-state index is -0.510. The van der Waals surface area contributed by atoms with Gasteiger partial charge in [-0.2, -0.15) is 4.98 Å². The summed E-state index contributed by atoms with van der Waals surface area (Å²) in [6.07, 6.45) is 1.65. The van der Waals surface area contributed by atoms with E-state index in [1.807, 2.05) is 0 Å².